The second-order valence-corrected chi connectivity index (χ2v) is 6.83. The predicted octanol–water partition coefficient (Wildman–Crippen LogP) is 4.72. The molecule has 124 valence electrons. The van der Waals surface area contributed by atoms with Crippen molar-refractivity contribution in [1.29, 1.82) is 0 Å². The summed E-state index contributed by atoms with van der Waals surface area (Å²) in [7, 11) is 0. The van der Waals surface area contributed by atoms with E-state index in [4.69, 9.17) is 16.3 Å². The third-order valence-corrected chi connectivity index (χ3v) is 5.23. The van der Waals surface area contributed by atoms with E-state index in [1.54, 1.807) is 30.4 Å². The van der Waals surface area contributed by atoms with Crippen LogP contribution in [0.2, 0.25) is 5.02 Å². The second kappa shape index (κ2) is 7.32. The van der Waals surface area contributed by atoms with Gasteiger partial charge in [-0.1, -0.05) is 29.8 Å². The van der Waals surface area contributed by atoms with Crippen molar-refractivity contribution in [2.45, 2.75) is 19.3 Å². The number of hydrogen-bond acceptors (Lipinski definition) is 4. The van der Waals surface area contributed by atoms with E-state index < -0.39 is 11.9 Å². The normalized spacial score (nSPS) is 20.6. The summed E-state index contributed by atoms with van der Waals surface area (Å²) in [6, 6.07) is 9.36. The van der Waals surface area contributed by atoms with Gasteiger partial charge in [0, 0.05) is 10.9 Å². The summed E-state index contributed by atoms with van der Waals surface area (Å²) < 4.78 is 5.14. The molecule has 0 aliphatic heterocycles. The lowest BCUT2D eigenvalue weighted by molar-refractivity contribution is -0.151. The van der Waals surface area contributed by atoms with Gasteiger partial charge in [-0.15, -0.1) is 0 Å². The molecule has 5 heteroatoms. The van der Waals surface area contributed by atoms with Crippen molar-refractivity contribution in [3.63, 3.8) is 0 Å². The molecule has 1 aromatic carbocycles. The van der Waals surface area contributed by atoms with E-state index in [-0.39, 0.29) is 18.3 Å². The fourth-order valence-electron chi connectivity index (χ4n) is 3.10. The van der Waals surface area contributed by atoms with Crippen LogP contribution in [-0.2, 0) is 14.3 Å². The Balaban J connectivity index is 2.04. The van der Waals surface area contributed by atoms with Crippen LogP contribution >= 0.6 is 22.9 Å². The molecule has 1 heterocycles. The van der Waals surface area contributed by atoms with E-state index >= 15 is 0 Å². The molecule has 3 rings (SSSR count). The third-order valence-electron chi connectivity index (χ3n) is 4.20. The lowest BCUT2D eigenvalue weighted by Crippen LogP contribution is -2.34. The van der Waals surface area contributed by atoms with Crippen molar-refractivity contribution >= 4 is 40.3 Å². The maximum Gasteiger partial charge on any atom is 0.317 e. The number of carbonyl (C=O) groups is 2. The number of thiophene rings is 1. The average Bonchev–Trinajstić information content (AvgIpc) is 3.09. The smallest absolute Gasteiger partial charge is 0.317 e. The van der Waals surface area contributed by atoms with Gasteiger partial charge in [0.15, 0.2) is 5.78 Å². The maximum atomic E-state index is 12.7. The summed E-state index contributed by atoms with van der Waals surface area (Å²) in [5, 5.41) is 4.55. The fourth-order valence-corrected chi connectivity index (χ4v) is 4.06. The molecule has 3 nitrogen and oxygen atoms in total. The van der Waals surface area contributed by atoms with E-state index in [9.17, 15) is 9.59 Å². The highest BCUT2D eigenvalue weighted by molar-refractivity contribution is 7.08. The van der Waals surface area contributed by atoms with Crippen LogP contribution in [-0.4, -0.2) is 18.4 Å². The number of hydrogen-bond donors (Lipinski definition) is 0. The van der Waals surface area contributed by atoms with Crippen LogP contribution in [0.1, 0.15) is 30.4 Å². The zero-order chi connectivity index (χ0) is 17.1. The van der Waals surface area contributed by atoms with Gasteiger partial charge in [0.1, 0.15) is 5.92 Å². The molecule has 0 bridgehead atoms. The van der Waals surface area contributed by atoms with Crippen LogP contribution in [0.4, 0.5) is 0 Å². The molecule has 2 atom stereocenters. The molecular formula is C19H17ClO3S. The third kappa shape index (κ3) is 3.30. The Hall–Kier alpha value is -1.91. The average molecular weight is 361 g/mol. The molecule has 0 N–H and O–H groups in total. The molecule has 24 heavy (non-hydrogen) atoms. The van der Waals surface area contributed by atoms with Crippen LogP contribution < -0.4 is 0 Å². The molecule has 0 spiro atoms. The molecule has 2 aromatic rings. The first-order valence-corrected chi connectivity index (χ1v) is 9.12. The number of ether oxygens (including phenoxy) is 1. The highest BCUT2D eigenvalue weighted by Gasteiger charge is 2.40. The van der Waals surface area contributed by atoms with Gasteiger partial charge < -0.3 is 4.74 Å². The number of carbonyl (C=O) groups excluding carboxylic acids is 2. The number of ketones is 1. The SMILES string of the molecule is CCOC(=O)[C@H]1C(=O)C=C(c2ccsc2)C[C@@H]1c1ccccc1Cl. The van der Waals surface area contributed by atoms with Gasteiger partial charge in [-0.2, -0.15) is 11.3 Å². The van der Waals surface area contributed by atoms with Crippen molar-refractivity contribution < 1.29 is 14.3 Å². The number of allylic oxidation sites excluding steroid dienone is 2. The van der Waals surface area contributed by atoms with E-state index in [0.717, 1.165) is 16.7 Å². The van der Waals surface area contributed by atoms with Gasteiger partial charge in [0.25, 0.3) is 0 Å². The summed E-state index contributed by atoms with van der Waals surface area (Å²) in [4.78, 5) is 25.1. The van der Waals surface area contributed by atoms with Crippen LogP contribution in [0.5, 0.6) is 0 Å². The van der Waals surface area contributed by atoms with Crippen molar-refractivity contribution in [2.24, 2.45) is 5.92 Å². The second-order valence-electron chi connectivity index (χ2n) is 5.65. The number of rotatable bonds is 4. The minimum absolute atomic E-state index is 0.217. The molecule has 0 unspecified atom stereocenters. The molecule has 1 aliphatic carbocycles. The topological polar surface area (TPSA) is 43.4 Å². The lowest BCUT2D eigenvalue weighted by atomic mass is 9.74. The van der Waals surface area contributed by atoms with Gasteiger partial charge in [0.05, 0.1) is 6.61 Å². The first-order chi connectivity index (χ1) is 11.6. The Labute approximate surface area is 149 Å². The highest BCUT2D eigenvalue weighted by Crippen LogP contribution is 2.42. The van der Waals surface area contributed by atoms with Crippen molar-refractivity contribution in [2.75, 3.05) is 6.61 Å². The fraction of sp³-hybridized carbons (Fsp3) is 0.263. The minimum atomic E-state index is -0.841. The zero-order valence-electron chi connectivity index (χ0n) is 13.2. The molecule has 0 saturated carbocycles. The summed E-state index contributed by atoms with van der Waals surface area (Å²) in [5.41, 5.74) is 2.77. The molecule has 0 saturated heterocycles. The Morgan fingerprint density at radius 1 is 1.33 bits per heavy atom. The first kappa shape index (κ1) is 16.9. The quantitative estimate of drug-likeness (QED) is 0.585. The van der Waals surface area contributed by atoms with Gasteiger partial charge in [0.2, 0.25) is 0 Å². The highest BCUT2D eigenvalue weighted by atomic mass is 35.5. The summed E-state index contributed by atoms with van der Waals surface area (Å²) in [6.07, 6.45) is 2.16. The molecular weight excluding hydrogens is 344 g/mol. The number of esters is 1. The van der Waals surface area contributed by atoms with Crippen LogP contribution in [0.25, 0.3) is 5.57 Å². The van der Waals surface area contributed by atoms with Crippen LogP contribution in [0.3, 0.4) is 0 Å². The van der Waals surface area contributed by atoms with E-state index in [1.807, 2.05) is 35.0 Å². The van der Waals surface area contributed by atoms with Crippen molar-refractivity contribution in [1.82, 2.24) is 0 Å². The Kier molecular flexibility index (Phi) is 5.17. The van der Waals surface area contributed by atoms with E-state index in [1.165, 1.54) is 0 Å². The molecule has 0 amide bonds. The maximum absolute atomic E-state index is 12.7. The van der Waals surface area contributed by atoms with Crippen LogP contribution in [0, 0.1) is 5.92 Å². The summed E-state index contributed by atoms with van der Waals surface area (Å²) >= 11 is 7.92. The number of benzene rings is 1. The molecule has 0 fully saturated rings. The molecule has 1 aromatic heterocycles. The van der Waals surface area contributed by atoms with Gasteiger partial charge >= 0.3 is 5.97 Å². The van der Waals surface area contributed by atoms with Crippen molar-refractivity contribution in [3.8, 4) is 0 Å². The first-order valence-electron chi connectivity index (χ1n) is 7.80. The predicted molar refractivity (Wildman–Crippen MR) is 96.2 cm³/mol. The van der Waals surface area contributed by atoms with Crippen molar-refractivity contribution in [3.05, 3.63) is 63.3 Å². The number of halogens is 1. The van der Waals surface area contributed by atoms with E-state index in [0.29, 0.717) is 11.4 Å². The van der Waals surface area contributed by atoms with Gasteiger partial charge in [-0.3, -0.25) is 9.59 Å². The van der Waals surface area contributed by atoms with Gasteiger partial charge in [-0.25, -0.2) is 0 Å². The zero-order valence-corrected chi connectivity index (χ0v) is 14.8. The molecule has 1 aliphatic rings. The Morgan fingerprint density at radius 2 is 2.12 bits per heavy atom. The minimum Gasteiger partial charge on any atom is -0.465 e. The van der Waals surface area contributed by atoms with Crippen LogP contribution in [0.15, 0.2) is 47.2 Å². The monoisotopic (exact) mass is 360 g/mol. The summed E-state index contributed by atoms with van der Waals surface area (Å²) in [5.74, 6) is -1.85. The summed E-state index contributed by atoms with van der Waals surface area (Å²) in [6.45, 7) is 1.99. The molecule has 0 radical (unpaired) electrons. The standard InChI is InChI=1S/C19H17ClO3S/c1-2-23-19(22)18-15(14-5-3-4-6-16(14)20)9-13(10-17(18)21)12-7-8-24-11-12/h3-8,10-11,15,18H,2,9H2,1H3/t15-,18-/m1/s1. The Morgan fingerprint density at radius 3 is 2.79 bits per heavy atom. The van der Waals surface area contributed by atoms with E-state index in [2.05, 4.69) is 0 Å². The van der Waals surface area contributed by atoms with Gasteiger partial charge in [-0.05, 0) is 59.0 Å². The largest absolute Gasteiger partial charge is 0.465 e. The Bertz CT molecular complexity index is 780. The lowest BCUT2D eigenvalue weighted by Gasteiger charge is -2.29.